The molecule has 2 nitrogen and oxygen atoms in total. The SMILES string of the molecule is N#Cc1cccc(C(O)Cc2ccc(Br)cc2Cl)c1. The summed E-state index contributed by atoms with van der Waals surface area (Å²) in [6.45, 7) is 0. The number of halogens is 2. The molecule has 0 aromatic heterocycles. The molecule has 0 saturated heterocycles. The fraction of sp³-hybridized carbons (Fsp3) is 0.133. The highest BCUT2D eigenvalue weighted by molar-refractivity contribution is 9.10. The Hall–Kier alpha value is -1.34. The summed E-state index contributed by atoms with van der Waals surface area (Å²) in [7, 11) is 0. The second kappa shape index (κ2) is 6.21. The topological polar surface area (TPSA) is 44.0 Å². The van der Waals surface area contributed by atoms with Crippen molar-refractivity contribution < 1.29 is 5.11 Å². The average molecular weight is 337 g/mol. The van der Waals surface area contributed by atoms with Crippen molar-refractivity contribution in [2.75, 3.05) is 0 Å². The Morgan fingerprint density at radius 2 is 2.05 bits per heavy atom. The minimum atomic E-state index is -0.674. The van der Waals surface area contributed by atoms with Crippen LogP contribution >= 0.6 is 27.5 Å². The van der Waals surface area contributed by atoms with Crippen molar-refractivity contribution in [2.24, 2.45) is 0 Å². The van der Waals surface area contributed by atoms with E-state index in [1.807, 2.05) is 12.1 Å². The molecular formula is C15H11BrClNO. The highest BCUT2D eigenvalue weighted by atomic mass is 79.9. The van der Waals surface area contributed by atoms with Gasteiger partial charge < -0.3 is 5.11 Å². The second-order valence-electron chi connectivity index (χ2n) is 4.19. The van der Waals surface area contributed by atoms with Gasteiger partial charge >= 0.3 is 0 Å². The lowest BCUT2D eigenvalue weighted by atomic mass is 10.00. The molecule has 2 aromatic rings. The van der Waals surface area contributed by atoms with Gasteiger partial charge in [-0.25, -0.2) is 0 Å². The normalized spacial score (nSPS) is 11.9. The van der Waals surface area contributed by atoms with Crippen LogP contribution in [0.2, 0.25) is 5.02 Å². The molecule has 0 aliphatic rings. The van der Waals surface area contributed by atoms with Gasteiger partial charge in [0.25, 0.3) is 0 Å². The van der Waals surface area contributed by atoms with Crippen LogP contribution in [0.5, 0.6) is 0 Å². The van der Waals surface area contributed by atoms with Crippen LogP contribution in [-0.2, 0) is 6.42 Å². The van der Waals surface area contributed by atoms with Gasteiger partial charge in [0.05, 0.1) is 17.7 Å². The molecule has 1 unspecified atom stereocenters. The molecule has 0 heterocycles. The van der Waals surface area contributed by atoms with Crippen LogP contribution in [-0.4, -0.2) is 5.11 Å². The third-order valence-corrected chi connectivity index (χ3v) is 3.67. The van der Waals surface area contributed by atoms with Crippen molar-refractivity contribution in [3.63, 3.8) is 0 Å². The number of benzene rings is 2. The van der Waals surface area contributed by atoms with E-state index < -0.39 is 6.10 Å². The molecule has 2 aromatic carbocycles. The maximum Gasteiger partial charge on any atom is 0.0991 e. The van der Waals surface area contributed by atoms with Gasteiger partial charge in [-0.05, 0) is 35.4 Å². The van der Waals surface area contributed by atoms with E-state index in [0.717, 1.165) is 15.6 Å². The highest BCUT2D eigenvalue weighted by Crippen LogP contribution is 2.26. The molecule has 19 heavy (non-hydrogen) atoms. The van der Waals surface area contributed by atoms with Crippen LogP contribution in [0.25, 0.3) is 0 Å². The van der Waals surface area contributed by atoms with E-state index in [-0.39, 0.29) is 0 Å². The summed E-state index contributed by atoms with van der Waals surface area (Å²) in [5.74, 6) is 0. The number of aliphatic hydroxyl groups excluding tert-OH is 1. The van der Waals surface area contributed by atoms with Gasteiger partial charge in [-0.2, -0.15) is 5.26 Å². The zero-order valence-corrected chi connectivity index (χ0v) is 12.3. The van der Waals surface area contributed by atoms with E-state index in [1.54, 1.807) is 30.3 Å². The van der Waals surface area contributed by atoms with E-state index in [2.05, 4.69) is 22.0 Å². The molecule has 0 aliphatic heterocycles. The lowest BCUT2D eigenvalue weighted by Gasteiger charge is -2.12. The van der Waals surface area contributed by atoms with Crippen molar-refractivity contribution in [3.8, 4) is 6.07 Å². The molecular weight excluding hydrogens is 326 g/mol. The van der Waals surface area contributed by atoms with Gasteiger partial charge in [0.2, 0.25) is 0 Å². The summed E-state index contributed by atoms with van der Waals surface area (Å²) in [6, 6.07) is 14.6. The quantitative estimate of drug-likeness (QED) is 0.910. The van der Waals surface area contributed by atoms with E-state index in [9.17, 15) is 5.11 Å². The summed E-state index contributed by atoms with van der Waals surface area (Å²) in [4.78, 5) is 0. The van der Waals surface area contributed by atoms with Crippen LogP contribution in [0.4, 0.5) is 0 Å². The lowest BCUT2D eigenvalue weighted by Crippen LogP contribution is -2.02. The minimum Gasteiger partial charge on any atom is -0.388 e. The first-order chi connectivity index (χ1) is 9.10. The largest absolute Gasteiger partial charge is 0.388 e. The Morgan fingerprint density at radius 1 is 1.26 bits per heavy atom. The van der Waals surface area contributed by atoms with E-state index in [4.69, 9.17) is 16.9 Å². The smallest absolute Gasteiger partial charge is 0.0991 e. The van der Waals surface area contributed by atoms with E-state index in [0.29, 0.717) is 17.0 Å². The Labute approximate surface area is 125 Å². The molecule has 0 amide bonds. The molecule has 1 atom stereocenters. The monoisotopic (exact) mass is 335 g/mol. The van der Waals surface area contributed by atoms with Crippen LogP contribution in [0.15, 0.2) is 46.9 Å². The number of nitriles is 1. The van der Waals surface area contributed by atoms with Crippen LogP contribution in [0.3, 0.4) is 0 Å². The number of hydrogen-bond donors (Lipinski definition) is 1. The van der Waals surface area contributed by atoms with Crippen molar-refractivity contribution in [2.45, 2.75) is 12.5 Å². The summed E-state index contributed by atoms with van der Waals surface area (Å²) in [5, 5.41) is 19.7. The maximum atomic E-state index is 10.2. The molecule has 0 saturated carbocycles. The molecule has 2 rings (SSSR count). The Morgan fingerprint density at radius 3 is 2.74 bits per heavy atom. The van der Waals surface area contributed by atoms with Crippen molar-refractivity contribution >= 4 is 27.5 Å². The Kier molecular flexibility index (Phi) is 4.60. The Balaban J connectivity index is 2.20. The van der Waals surface area contributed by atoms with Crippen LogP contribution < -0.4 is 0 Å². The number of nitrogens with zero attached hydrogens (tertiary/aromatic N) is 1. The zero-order chi connectivity index (χ0) is 13.8. The van der Waals surface area contributed by atoms with Gasteiger partial charge in [0, 0.05) is 15.9 Å². The average Bonchev–Trinajstić information content (AvgIpc) is 2.42. The van der Waals surface area contributed by atoms with E-state index >= 15 is 0 Å². The molecule has 0 fully saturated rings. The number of aliphatic hydroxyl groups is 1. The molecule has 0 aliphatic carbocycles. The molecule has 4 heteroatoms. The summed E-state index contributed by atoms with van der Waals surface area (Å²) < 4.78 is 0.905. The third kappa shape index (κ3) is 3.57. The highest BCUT2D eigenvalue weighted by Gasteiger charge is 2.11. The van der Waals surface area contributed by atoms with Crippen molar-refractivity contribution in [1.29, 1.82) is 5.26 Å². The first kappa shape index (κ1) is 14.1. The number of rotatable bonds is 3. The van der Waals surface area contributed by atoms with Gasteiger partial charge in [0.15, 0.2) is 0 Å². The molecule has 0 radical (unpaired) electrons. The molecule has 0 spiro atoms. The van der Waals surface area contributed by atoms with Gasteiger partial charge in [-0.15, -0.1) is 0 Å². The summed E-state index contributed by atoms with van der Waals surface area (Å²) >= 11 is 9.47. The third-order valence-electron chi connectivity index (χ3n) is 2.83. The van der Waals surface area contributed by atoms with Crippen LogP contribution in [0, 0.1) is 11.3 Å². The standard InChI is InChI=1S/C15H11BrClNO/c16-13-5-4-11(14(17)8-13)7-15(19)12-3-1-2-10(6-12)9-18/h1-6,8,15,19H,7H2. The second-order valence-corrected chi connectivity index (χ2v) is 5.52. The minimum absolute atomic E-state index is 0.418. The fourth-order valence-corrected chi connectivity index (χ4v) is 2.58. The van der Waals surface area contributed by atoms with Crippen molar-refractivity contribution in [3.05, 3.63) is 68.7 Å². The molecule has 0 bridgehead atoms. The maximum absolute atomic E-state index is 10.2. The van der Waals surface area contributed by atoms with Gasteiger partial charge in [0.1, 0.15) is 0 Å². The number of hydrogen-bond acceptors (Lipinski definition) is 2. The molecule has 96 valence electrons. The first-order valence-electron chi connectivity index (χ1n) is 5.72. The lowest BCUT2D eigenvalue weighted by molar-refractivity contribution is 0.178. The zero-order valence-electron chi connectivity index (χ0n) is 9.98. The predicted octanol–water partition coefficient (Wildman–Crippen LogP) is 4.25. The van der Waals surface area contributed by atoms with Crippen molar-refractivity contribution in [1.82, 2.24) is 0 Å². The summed E-state index contributed by atoms with van der Waals surface area (Å²) in [5.41, 5.74) is 2.14. The Bertz CT molecular complexity index is 636. The van der Waals surface area contributed by atoms with Gasteiger partial charge in [-0.3, -0.25) is 0 Å². The fourth-order valence-electron chi connectivity index (χ4n) is 1.83. The van der Waals surface area contributed by atoms with Crippen LogP contribution in [0.1, 0.15) is 22.8 Å². The van der Waals surface area contributed by atoms with E-state index in [1.165, 1.54) is 0 Å². The predicted molar refractivity (Wildman–Crippen MR) is 79.0 cm³/mol. The molecule has 1 N–H and O–H groups in total. The summed E-state index contributed by atoms with van der Waals surface area (Å²) in [6.07, 6.45) is -0.256. The van der Waals surface area contributed by atoms with Gasteiger partial charge in [-0.1, -0.05) is 45.7 Å². The first-order valence-corrected chi connectivity index (χ1v) is 6.89.